The number of hydrogen-bond donors (Lipinski definition) is 2. The third-order valence-corrected chi connectivity index (χ3v) is 2.55. The molecule has 0 aliphatic carbocycles. The molecule has 5 heteroatoms. The highest BCUT2D eigenvalue weighted by molar-refractivity contribution is 5.92. The van der Waals surface area contributed by atoms with Crippen molar-refractivity contribution in [3.8, 4) is 0 Å². The lowest BCUT2D eigenvalue weighted by atomic mass is 10.1. The van der Waals surface area contributed by atoms with Gasteiger partial charge in [-0.2, -0.15) is 5.10 Å². The van der Waals surface area contributed by atoms with E-state index in [2.05, 4.69) is 10.2 Å². The summed E-state index contributed by atoms with van der Waals surface area (Å²) in [5.41, 5.74) is 1.19. The molecule has 2 rings (SSSR count). The van der Waals surface area contributed by atoms with Crippen LogP contribution >= 0.6 is 0 Å². The number of hydrogen-bond acceptors (Lipinski definition) is 3. The van der Waals surface area contributed by atoms with Crippen molar-refractivity contribution in [1.82, 2.24) is 10.2 Å². The molecular weight excluding hydrogens is 208 g/mol. The highest BCUT2D eigenvalue weighted by Gasteiger charge is 2.15. The van der Waals surface area contributed by atoms with Crippen LogP contribution in [-0.4, -0.2) is 21.3 Å². The summed E-state index contributed by atoms with van der Waals surface area (Å²) in [6.07, 6.45) is 0. The number of aryl methyl sites for hydroxylation is 2. The molecule has 1 heterocycles. The molecule has 2 aromatic rings. The molecule has 82 valence electrons. The SMILES string of the molecule is Cc1ccc(C)c2c(=O)c(C(=O)O)n[nH]c12. The number of nitrogens with one attached hydrogen (secondary N) is 1. The fourth-order valence-corrected chi connectivity index (χ4v) is 1.67. The van der Waals surface area contributed by atoms with E-state index in [0.717, 1.165) is 11.1 Å². The lowest BCUT2D eigenvalue weighted by molar-refractivity contribution is 0.0688. The topological polar surface area (TPSA) is 83.1 Å². The van der Waals surface area contributed by atoms with Crippen LogP contribution in [0.1, 0.15) is 21.6 Å². The van der Waals surface area contributed by atoms with E-state index < -0.39 is 17.1 Å². The molecule has 0 amide bonds. The number of carboxylic acid groups (broad SMARTS) is 1. The Morgan fingerprint density at radius 3 is 2.56 bits per heavy atom. The molecule has 0 saturated carbocycles. The van der Waals surface area contributed by atoms with Crippen LogP contribution < -0.4 is 5.43 Å². The summed E-state index contributed by atoms with van der Waals surface area (Å²) in [4.78, 5) is 22.7. The summed E-state index contributed by atoms with van der Waals surface area (Å²) >= 11 is 0. The first kappa shape index (κ1) is 10.4. The Labute approximate surface area is 90.7 Å². The molecule has 0 radical (unpaired) electrons. The first-order chi connectivity index (χ1) is 7.52. The van der Waals surface area contributed by atoms with Gasteiger partial charge in [0.25, 0.3) is 0 Å². The van der Waals surface area contributed by atoms with Crippen LogP contribution in [0.15, 0.2) is 16.9 Å². The van der Waals surface area contributed by atoms with Crippen molar-refractivity contribution in [2.24, 2.45) is 0 Å². The number of H-pyrrole nitrogens is 1. The number of rotatable bonds is 1. The third kappa shape index (κ3) is 1.37. The van der Waals surface area contributed by atoms with Crippen LogP contribution in [0.25, 0.3) is 10.9 Å². The molecule has 1 aromatic heterocycles. The minimum atomic E-state index is -1.32. The predicted octanol–water partition coefficient (Wildman–Crippen LogP) is 1.24. The zero-order valence-electron chi connectivity index (χ0n) is 8.87. The van der Waals surface area contributed by atoms with Gasteiger partial charge in [-0.15, -0.1) is 0 Å². The van der Waals surface area contributed by atoms with Crippen LogP contribution in [-0.2, 0) is 0 Å². The second kappa shape index (κ2) is 3.44. The monoisotopic (exact) mass is 218 g/mol. The average Bonchev–Trinajstić information content (AvgIpc) is 2.23. The number of benzene rings is 1. The van der Waals surface area contributed by atoms with E-state index in [1.165, 1.54) is 0 Å². The normalized spacial score (nSPS) is 10.6. The molecule has 1 aromatic carbocycles. The van der Waals surface area contributed by atoms with Crippen LogP contribution in [0, 0.1) is 13.8 Å². The van der Waals surface area contributed by atoms with E-state index in [-0.39, 0.29) is 0 Å². The second-order valence-corrected chi connectivity index (χ2v) is 3.66. The minimum absolute atomic E-state index is 0.396. The van der Waals surface area contributed by atoms with E-state index in [1.54, 1.807) is 13.0 Å². The fourth-order valence-electron chi connectivity index (χ4n) is 1.67. The maximum absolute atomic E-state index is 11.9. The van der Waals surface area contributed by atoms with Crippen LogP contribution in [0.5, 0.6) is 0 Å². The first-order valence-corrected chi connectivity index (χ1v) is 4.74. The Hall–Kier alpha value is -2.17. The Morgan fingerprint density at radius 1 is 1.31 bits per heavy atom. The molecule has 0 aliphatic heterocycles. The van der Waals surface area contributed by atoms with Crippen molar-refractivity contribution in [2.45, 2.75) is 13.8 Å². The van der Waals surface area contributed by atoms with Crippen LogP contribution in [0.4, 0.5) is 0 Å². The predicted molar refractivity (Wildman–Crippen MR) is 58.8 cm³/mol. The Bertz CT molecular complexity index is 643. The van der Waals surface area contributed by atoms with Crippen molar-refractivity contribution < 1.29 is 9.90 Å². The number of fused-ring (bicyclic) bond motifs is 1. The minimum Gasteiger partial charge on any atom is -0.476 e. The molecule has 0 spiro atoms. The second-order valence-electron chi connectivity index (χ2n) is 3.66. The van der Waals surface area contributed by atoms with Gasteiger partial charge >= 0.3 is 5.97 Å². The molecular formula is C11H10N2O3. The van der Waals surface area contributed by atoms with Crippen molar-refractivity contribution in [1.29, 1.82) is 0 Å². The van der Waals surface area contributed by atoms with Crippen molar-refractivity contribution in [3.05, 3.63) is 39.2 Å². The summed E-state index contributed by atoms with van der Waals surface area (Å²) in [7, 11) is 0. The van der Waals surface area contributed by atoms with E-state index >= 15 is 0 Å². The maximum atomic E-state index is 11.9. The van der Waals surface area contributed by atoms with Crippen LogP contribution in [0.3, 0.4) is 0 Å². The van der Waals surface area contributed by atoms with Gasteiger partial charge in [-0.25, -0.2) is 4.79 Å². The highest BCUT2D eigenvalue weighted by Crippen LogP contribution is 2.16. The lowest BCUT2D eigenvalue weighted by Gasteiger charge is -2.04. The quantitative estimate of drug-likeness (QED) is 0.754. The van der Waals surface area contributed by atoms with E-state index in [0.29, 0.717) is 10.9 Å². The van der Waals surface area contributed by atoms with Gasteiger partial charge in [-0.05, 0) is 25.0 Å². The van der Waals surface area contributed by atoms with E-state index in [1.807, 2.05) is 13.0 Å². The van der Waals surface area contributed by atoms with Crippen molar-refractivity contribution in [3.63, 3.8) is 0 Å². The van der Waals surface area contributed by atoms with Gasteiger partial charge in [0.1, 0.15) is 0 Å². The zero-order chi connectivity index (χ0) is 11.9. The molecule has 0 bridgehead atoms. The Balaban J connectivity index is 3.00. The number of carbonyl (C=O) groups is 1. The van der Waals surface area contributed by atoms with Gasteiger partial charge in [0.2, 0.25) is 11.1 Å². The summed E-state index contributed by atoms with van der Waals surface area (Å²) in [6, 6.07) is 3.65. The molecule has 0 aliphatic rings. The van der Waals surface area contributed by atoms with Gasteiger partial charge in [0.15, 0.2) is 0 Å². The zero-order valence-corrected chi connectivity index (χ0v) is 8.87. The van der Waals surface area contributed by atoms with Gasteiger partial charge in [0, 0.05) is 0 Å². The first-order valence-electron chi connectivity index (χ1n) is 4.74. The molecule has 0 atom stereocenters. The number of aromatic amines is 1. The Morgan fingerprint density at radius 2 is 1.94 bits per heavy atom. The molecule has 0 fully saturated rings. The third-order valence-electron chi connectivity index (χ3n) is 2.55. The van der Waals surface area contributed by atoms with E-state index in [9.17, 15) is 9.59 Å². The molecule has 0 saturated heterocycles. The molecule has 0 unspecified atom stereocenters. The molecule has 5 nitrogen and oxygen atoms in total. The average molecular weight is 218 g/mol. The number of aromatic carboxylic acids is 1. The van der Waals surface area contributed by atoms with Gasteiger partial charge < -0.3 is 5.11 Å². The fraction of sp³-hybridized carbons (Fsp3) is 0.182. The largest absolute Gasteiger partial charge is 0.476 e. The lowest BCUT2D eigenvalue weighted by Crippen LogP contribution is -2.19. The maximum Gasteiger partial charge on any atom is 0.360 e. The molecule has 2 N–H and O–H groups in total. The van der Waals surface area contributed by atoms with Gasteiger partial charge in [-0.3, -0.25) is 9.89 Å². The van der Waals surface area contributed by atoms with Crippen LogP contribution in [0.2, 0.25) is 0 Å². The van der Waals surface area contributed by atoms with Gasteiger partial charge in [-0.1, -0.05) is 12.1 Å². The van der Waals surface area contributed by atoms with Crippen molar-refractivity contribution in [2.75, 3.05) is 0 Å². The van der Waals surface area contributed by atoms with E-state index in [4.69, 9.17) is 5.11 Å². The summed E-state index contributed by atoms with van der Waals surface area (Å²) in [5, 5.41) is 15.4. The van der Waals surface area contributed by atoms with Gasteiger partial charge in [0.05, 0.1) is 10.9 Å². The number of carboxylic acids is 1. The number of aromatic nitrogens is 2. The number of nitrogens with zero attached hydrogens (tertiary/aromatic N) is 1. The Kier molecular flexibility index (Phi) is 2.23. The smallest absolute Gasteiger partial charge is 0.360 e. The summed E-state index contributed by atoms with van der Waals surface area (Å²) in [5.74, 6) is -1.32. The summed E-state index contributed by atoms with van der Waals surface area (Å²) < 4.78 is 0. The standard InChI is InChI=1S/C11H10N2O3/c1-5-3-4-6(2)8-7(5)10(14)9(11(15)16)13-12-8/h3-4H,1-2H3,(H,12,14)(H,15,16). The highest BCUT2D eigenvalue weighted by atomic mass is 16.4. The van der Waals surface area contributed by atoms with Crippen molar-refractivity contribution >= 4 is 16.9 Å². The molecule has 16 heavy (non-hydrogen) atoms. The summed E-state index contributed by atoms with van der Waals surface area (Å²) in [6.45, 7) is 3.60.